The predicted molar refractivity (Wildman–Crippen MR) is 171 cm³/mol. The number of hydrogen-bond donors (Lipinski definition) is 2. The molecular weight excluding hydrogens is 636 g/mol. The highest BCUT2D eigenvalue weighted by Crippen LogP contribution is 2.45. The van der Waals surface area contributed by atoms with Gasteiger partial charge in [-0.05, 0) is 45.0 Å². The van der Waals surface area contributed by atoms with E-state index in [4.69, 9.17) is 20.2 Å². The number of pyridine rings is 1. The molecule has 3 aromatic heterocycles. The first kappa shape index (κ1) is 31.6. The van der Waals surface area contributed by atoms with Gasteiger partial charge in [-0.2, -0.15) is 15.2 Å². The fourth-order valence-electron chi connectivity index (χ4n) is 7.54. The van der Waals surface area contributed by atoms with Gasteiger partial charge in [-0.1, -0.05) is 6.92 Å². The summed E-state index contributed by atoms with van der Waals surface area (Å²) in [6, 6.07) is 4.83. The topological polar surface area (TPSA) is 125 Å². The molecule has 3 aliphatic heterocycles. The van der Waals surface area contributed by atoms with Gasteiger partial charge in [0, 0.05) is 58.7 Å². The molecule has 3 fully saturated rings. The number of methoxy groups -OCH3 is 1. The van der Waals surface area contributed by atoms with Gasteiger partial charge in [-0.3, -0.25) is 0 Å². The standard InChI is InChI=1S/C32H34F4N8O2S/c1-32(13-43(2)9-8-18(32)27(35)36)14-46-31-41-26-23(29(42-31)44-11-15-4-5-16(12-44)39-15)30(45-3)40-25(24(26)34)22-19(33)6-7-20-21(22)17(10-37)28(38)47-20/h6-7,15-16,18,27,39H,4-5,8-9,11-14,38H2,1-3H3/t15-,16+,18-,32+/m1/s1. The van der Waals surface area contributed by atoms with E-state index in [9.17, 15) is 14.0 Å². The minimum atomic E-state index is -2.54. The summed E-state index contributed by atoms with van der Waals surface area (Å²) in [5, 5.41) is 13.9. The number of nitriles is 1. The monoisotopic (exact) mass is 670 g/mol. The first-order valence-corrected chi connectivity index (χ1v) is 16.3. The molecule has 0 radical (unpaired) electrons. The minimum absolute atomic E-state index is 0.0164. The molecule has 2 bridgehead atoms. The van der Waals surface area contributed by atoms with E-state index in [2.05, 4.69) is 15.3 Å². The molecule has 7 rings (SSSR count). The van der Waals surface area contributed by atoms with Gasteiger partial charge in [0.05, 0.1) is 19.3 Å². The lowest BCUT2D eigenvalue weighted by atomic mass is 9.73. The molecule has 47 heavy (non-hydrogen) atoms. The van der Waals surface area contributed by atoms with Crippen molar-refractivity contribution >= 4 is 43.1 Å². The summed E-state index contributed by atoms with van der Waals surface area (Å²) in [6.45, 7) is 3.67. The normalized spacial score (nSPS) is 24.7. The van der Waals surface area contributed by atoms with Crippen LogP contribution in [0.15, 0.2) is 12.1 Å². The minimum Gasteiger partial charge on any atom is -0.480 e. The maximum atomic E-state index is 16.9. The third kappa shape index (κ3) is 5.36. The number of nitrogens with zero attached hydrogens (tertiary/aromatic N) is 6. The van der Waals surface area contributed by atoms with Crippen LogP contribution in [0.4, 0.5) is 28.4 Å². The van der Waals surface area contributed by atoms with E-state index < -0.39 is 35.1 Å². The number of nitrogen functional groups attached to an aromatic ring is 1. The fourth-order valence-corrected chi connectivity index (χ4v) is 8.47. The summed E-state index contributed by atoms with van der Waals surface area (Å²) in [5.41, 5.74) is 4.27. The smallest absolute Gasteiger partial charge is 0.319 e. The Morgan fingerprint density at radius 2 is 1.89 bits per heavy atom. The molecule has 3 aliphatic rings. The number of anilines is 2. The molecule has 15 heteroatoms. The van der Waals surface area contributed by atoms with Crippen LogP contribution in [0.1, 0.15) is 31.7 Å². The number of halogens is 4. The number of piperazine rings is 1. The first-order valence-electron chi connectivity index (χ1n) is 15.5. The Kier molecular flexibility index (Phi) is 8.00. The summed E-state index contributed by atoms with van der Waals surface area (Å²) >= 11 is 1.08. The number of likely N-dealkylation sites (tertiary alicyclic amines) is 1. The lowest BCUT2D eigenvalue weighted by Crippen LogP contribution is -2.51. The lowest BCUT2D eigenvalue weighted by molar-refractivity contribution is -0.0679. The molecule has 3 N–H and O–H groups in total. The van der Waals surface area contributed by atoms with Gasteiger partial charge in [0.2, 0.25) is 12.3 Å². The lowest BCUT2D eigenvalue weighted by Gasteiger charge is -2.44. The Morgan fingerprint density at radius 1 is 1.15 bits per heavy atom. The van der Waals surface area contributed by atoms with Gasteiger partial charge < -0.3 is 30.3 Å². The summed E-state index contributed by atoms with van der Waals surface area (Å²) in [6.07, 6.45) is -0.302. The Labute approximate surface area is 272 Å². The van der Waals surface area contributed by atoms with E-state index in [1.165, 1.54) is 19.2 Å². The number of thiophene rings is 1. The molecule has 248 valence electrons. The van der Waals surface area contributed by atoms with Crippen LogP contribution in [-0.2, 0) is 0 Å². The zero-order valence-corrected chi connectivity index (χ0v) is 26.9. The van der Waals surface area contributed by atoms with Crippen LogP contribution >= 0.6 is 11.3 Å². The number of nitrogens with one attached hydrogen (secondary N) is 1. The Hall–Kier alpha value is -4.00. The van der Waals surface area contributed by atoms with Gasteiger partial charge in [0.15, 0.2) is 5.82 Å². The van der Waals surface area contributed by atoms with Crippen molar-refractivity contribution in [3.63, 3.8) is 0 Å². The molecule has 3 saturated heterocycles. The van der Waals surface area contributed by atoms with Crippen LogP contribution in [0.25, 0.3) is 32.2 Å². The second kappa shape index (κ2) is 11.9. The van der Waals surface area contributed by atoms with E-state index in [1.807, 2.05) is 22.9 Å². The SMILES string of the molecule is COc1nc(-c2c(F)ccc3sc(N)c(C#N)c23)c(F)c2nc(OC[C@]3(C)CN(C)CC[C@@H]3C(F)F)nc(N3C[C@H]4CC[C@@H](C3)N4)c12. The molecule has 6 heterocycles. The summed E-state index contributed by atoms with van der Waals surface area (Å²) in [5.74, 6) is -2.41. The van der Waals surface area contributed by atoms with Crippen molar-refractivity contribution in [3.05, 3.63) is 29.3 Å². The van der Waals surface area contributed by atoms with Crippen LogP contribution in [0.3, 0.4) is 0 Å². The number of alkyl halides is 2. The number of rotatable bonds is 7. The molecule has 0 spiro atoms. The third-order valence-corrected chi connectivity index (χ3v) is 10.8. The van der Waals surface area contributed by atoms with E-state index in [1.54, 1.807) is 6.92 Å². The summed E-state index contributed by atoms with van der Waals surface area (Å²) < 4.78 is 73.2. The number of fused-ring (bicyclic) bond motifs is 4. The van der Waals surface area contributed by atoms with Gasteiger partial charge in [-0.25, -0.2) is 22.5 Å². The number of piperidine rings is 1. The van der Waals surface area contributed by atoms with Crippen LogP contribution in [-0.4, -0.2) is 85.3 Å². The molecule has 0 aliphatic carbocycles. The highest BCUT2D eigenvalue weighted by molar-refractivity contribution is 7.23. The van der Waals surface area contributed by atoms with Crippen molar-refractivity contribution in [2.24, 2.45) is 11.3 Å². The average molecular weight is 671 g/mol. The summed E-state index contributed by atoms with van der Waals surface area (Å²) in [7, 11) is 3.24. The summed E-state index contributed by atoms with van der Waals surface area (Å²) in [4.78, 5) is 17.6. The van der Waals surface area contributed by atoms with Crippen molar-refractivity contribution in [1.29, 1.82) is 5.26 Å². The second-order valence-electron chi connectivity index (χ2n) is 13.0. The van der Waals surface area contributed by atoms with E-state index in [0.717, 1.165) is 24.2 Å². The average Bonchev–Trinajstić information content (AvgIpc) is 3.56. The van der Waals surface area contributed by atoms with Gasteiger partial charge >= 0.3 is 6.01 Å². The molecule has 1 aromatic carbocycles. The van der Waals surface area contributed by atoms with Gasteiger partial charge in [0.25, 0.3) is 0 Å². The maximum Gasteiger partial charge on any atom is 0.319 e. The Bertz CT molecular complexity index is 1910. The van der Waals surface area contributed by atoms with Gasteiger partial charge in [0.1, 0.15) is 39.3 Å². The molecular formula is C32H34F4N8O2S. The molecule has 4 atom stereocenters. The van der Waals surface area contributed by atoms with Crippen LogP contribution in [0, 0.1) is 34.3 Å². The number of ether oxygens (including phenoxy) is 2. The largest absolute Gasteiger partial charge is 0.480 e. The second-order valence-corrected chi connectivity index (χ2v) is 14.1. The predicted octanol–water partition coefficient (Wildman–Crippen LogP) is 5.19. The molecule has 0 amide bonds. The van der Waals surface area contributed by atoms with E-state index >= 15 is 8.78 Å². The zero-order valence-electron chi connectivity index (χ0n) is 26.1. The number of nitrogens with two attached hydrogens (primary N) is 1. The van der Waals surface area contributed by atoms with Crippen molar-refractivity contribution in [1.82, 2.24) is 25.2 Å². The maximum absolute atomic E-state index is 16.9. The number of aromatic nitrogens is 3. The van der Waals surface area contributed by atoms with Crippen LogP contribution in [0.5, 0.6) is 11.9 Å². The quantitative estimate of drug-likeness (QED) is 0.254. The molecule has 10 nitrogen and oxygen atoms in total. The fraction of sp³-hybridized carbons (Fsp3) is 0.500. The molecule has 0 unspecified atom stereocenters. The van der Waals surface area contributed by atoms with E-state index in [0.29, 0.717) is 43.1 Å². The molecule has 4 aromatic rings. The van der Waals surface area contributed by atoms with Crippen LogP contribution in [0.2, 0.25) is 0 Å². The van der Waals surface area contributed by atoms with Crippen molar-refractivity contribution < 1.29 is 27.0 Å². The first-order chi connectivity index (χ1) is 22.5. The van der Waals surface area contributed by atoms with Crippen molar-refractivity contribution in [2.45, 2.75) is 44.7 Å². The molecule has 0 saturated carbocycles. The van der Waals surface area contributed by atoms with Crippen molar-refractivity contribution in [3.8, 4) is 29.2 Å². The highest BCUT2D eigenvalue weighted by Gasteiger charge is 2.45. The Morgan fingerprint density at radius 3 is 2.57 bits per heavy atom. The Balaban J connectivity index is 1.42. The zero-order chi connectivity index (χ0) is 33.2. The number of hydrogen-bond acceptors (Lipinski definition) is 11. The highest BCUT2D eigenvalue weighted by atomic mass is 32.1. The van der Waals surface area contributed by atoms with E-state index in [-0.39, 0.29) is 63.0 Å². The van der Waals surface area contributed by atoms with Crippen molar-refractivity contribution in [2.75, 3.05) is 57.6 Å². The third-order valence-electron chi connectivity index (χ3n) is 9.79. The van der Waals surface area contributed by atoms with Gasteiger partial charge in [-0.15, -0.1) is 11.3 Å². The van der Waals surface area contributed by atoms with Crippen LogP contribution < -0.4 is 25.4 Å². The number of benzene rings is 1.